The number of carbonyl (C=O) groups excluding carboxylic acids is 2. The highest BCUT2D eigenvalue weighted by Gasteiger charge is 2.39. The van der Waals surface area contributed by atoms with Gasteiger partial charge in [-0.05, 0) is 65.0 Å². The predicted octanol–water partition coefficient (Wildman–Crippen LogP) is 2.45. The van der Waals surface area contributed by atoms with E-state index < -0.39 is 0 Å². The first-order chi connectivity index (χ1) is 13.0. The van der Waals surface area contributed by atoms with Crippen molar-refractivity contribution in [1.82, 2.24) is 15.1 Å². The third-order valence-corrected chi connectivity index (χ3v) is 5.00. The molecule has 1 heterocycles. The number of hydrogen-bond donors (Lipinski definition) is 1. The van der Waals surface area contributed by atoms with Crippen LogP contribution in [-0.2, 0) is 9.59 Å². The standard InChI is InChI=1S/C21H33N3O3/c1-5-24-19(25)13-12-18(21(26)22-14-7-15-23(3)4)20(24)16-8-10-17(11-9-16)27-6-2/h8-11,18,20H,5-7,12-15H2,1-4H3,(H,22,26)/t18-,20+/m1/s1. The Morgan fingerprint density at radius 3 is 2.56 bits per heavy atom. The molecule has 1 aliphatic heterocycles. The second-order valence-corrected chi connectivity index (χ2v) is 7.22. The van der Waals surface area contributed by atoms with Crippen LogP contribution < -0.4 is 10.1 Å². The lowest BCUT2D eigenvalue weighted by atomic mass is 9.83. The number of nitrogens with one attached hydrogen (secondary N) is 1. The van der Waals surface area contributed by atoms with Gasteiger partial charge in [0.1, 0.15) is 5.75 Å². The van der Waals surface area contributed by atoms with Crippen LogP contribution in [0.1, 0.15) is 44.7 Å². The zero-order chi connectivity index (χ0) is 19.8. The molecular formula is C21H33N3O3. The largest absolute Gasteiger partial charge is 0.494 e. The first-order valence-electron chi connectivity index (χ1n) is 9.92. The molecule has 6 heteroatoms. The normalized spacial score (nSPS) is 20.0. The van der Waals surface area contributed by atoms with Gasteiger partial charge in [-0.25, -0.2) is 0 Å². The van der Waals surface area contributed by atoms with Crippen molar-refractivity contribution < 1.29 is 14.3 Å². The van der Waals surface area contributed by atoms with Crippen LogP contribution in [0.25, 0.3) is 0 Å². The lowest BCUT2D eigenvalue weighted by molar-refractivity contribution is -0.143. The molecule has 6 nitrogen and oxygen atoms in total. The van der Waals surface area contributed by atoms with Crippen LogP contribution in [0, 0.1) is 5.92 Å². The molecule has 1 saturated heterocycles. The number of likely N-dealkylation sites (tertiary alicyclic amines) is 1. The minimum Gasteiger partial charge on any atom is -0.494 e. The molecule has 0 spiro atoms. The molecule has 0 radical (unpaired) electrons. The van der Waals surface area contributed by atoms with Crippen LogP contribution in [0.3, 0.4) is 0 Å². The molecule has 2 atom stereocenters. The Bertz CT molecular complexity index is 616. The molecule has 0 aliphatic carbocycles. The van der Waals surface area contributed by atoms with E-state index >= 15 is 0 Å². The predicted molar refractivity (Wildman–Crippen MR) is 107 cm³/mol. The summed E-state index contributed by atoms with van der Waals surface area (Å²) in [5, 5.41) is 3.07. The van der Waals surface area contributed by atoms with Crippen molar-refractivity contribution in [2.24, 2.45) is 5.92 Å². The molecular weight excluding hydrogens is 342 g/mol. The number of ether oxygens (including phenoxy) is 1. The summed E-state index contributed by atoms with van der Waals surface area (Å²) in [5.41, 5.74) is 0.988. The highest BCUT2D eigenvalue weighted by Crippen LogP contribution is 2.37. The molecule has 1 aromatic rings. The average molecular weight is 376 g/mol. The smallest absolute Gasteiger partial charge is 0.225 e. The summed E-state index contributed by atoms with van der Waals surface area (Å²) in [6.07, 6.45) is 1.93. The third-order valence-electron chi connectivity index (χ3n) is 5.00. The van der Waals surface area contributed by atoms with Gasteiger partial charge in [-0.2, -0.15) is 0 Å². The van der Waals surface area contributed by atoms with Crippen molar-refractivity contribution in [3.05, 3.63) is 29.8 Å². The fourth-order valence-electron chi connectivity index (χ4n) is 3.68. The van der Waals surface area contributed by atoms with Crippen molar-refractivity contribution in [1.29, 1.82) is 0 Å². The van der Waals surface area contributed by atoms with Crippen LogP contribution in [0.15, 0.2) is 24.3 Å². The van der Waals surface area contributed by atoms with Crippen molar-refractivity contribution in [3.63, 3.8) is 0 Å². The summed E-state index contributed by atoms with van der Waals surface area (Å²) in [5.74, 6) is 0.739. The summed E-state index contributed by atoms with van der Waals surface area (Å²) in [6.45, 7) is 6.72. The van der Waals surface area contributed by atoms with Crippen molar-refractivity contribution >= 4 is 11.8 Å². The van der Waals surface area contributed by atoms with Gasteiger partial charge < -0.3 is 19.9 Å². The number of piperidine rings is 1. The summed E-state index contributed by atoms with van der Waals surface area (Å²) in [7, 11) is 4.05. The molecule has 2 amide bonds. The van der Waals surface area contributed by atoms with Crippen LogP contribution >= 0.6 is 0 Å². The van der Waals surface area contributed by atoms with E-state index in [1.807, 2.05) is 57.1 Å². The maximum Gasteiger partial charge on any atom is 0.225 e. The molecule has 0 bridgehead atoms. The number of benzene rings is 1. The highest BCUT2D eigenvalue weighted by atomic mass is 16.5. The fraction of sp³-hybridized carbons (Fsp3) is 0.619. The van der Waals surface area contributed by atoms with E-state index in [1.165, 1.54) is 0 Å². The Labute approximate surface area is 162 Å². The SMILES string of the molecule is CCOc1ccc([C@H]2[C@H](C(=O)NCCCN(C)C)CCC(=O)N2CC)cc1. The molecule has 150 valence electrons. The van der Waals surface area contributed by atoms with Crippen LogP contribution in [-0.4, -0.2) is 62.0 Å². The molecule has 1 fully saturated rings. The highest BCUT2D eigenvalue weighted by molar-refractivity contribution is 5.85. The number of rotatable bonds is 9. The molecule has 1 N–H and O–H groups in total. The molecule has 0 unspecified atom stereocenters. The maximum atomic E-state index is 12.9. The lowest BCUT2D eigenvalue weighted by Crippen LogP contribution is -2.48. The van der Waals surface area contributed by atoms with E-state index in [0.717, 1.165) is 24.3 Å². The second kappa shape index (κ2) is 10.3. The number of hydrogen-bond acceptors (Lipinski definition) is 4. The van der Waals surface area contributed by atoms with Crippen molar-refractivity contribution in [3.8, 4) is 5.75 Å². The van der Waals surface area contributed by atoms with E-state index in [9.17, 15) is 9.59 Å². The molecule has 1 aliphatic rings. The van der Waals surface area contributed by atoms with E-state index in [0.29, 0.717) is 32.5 Å². The van der Waals surface area contributed by atoms with E-state index in [2.05, 4.69) is 10.2 Å². The van der Waals surface area contributed by atoms with E-state index in [1.54, 1.807) is 0 Å². The topological polar surface area (TPSA) is 61.9 Å². The Hall–Kier alpha value is -2.08. The van der Waals surface area contributed by atoms with Crippen LogP contribution in [0.2, 0.25) is 0 Å². The number of amides is 2. The van der Waals surface area contributed by atoms with Gasteiger partial charge in [-0.1, -0.05) is 12.1 Å². The van der Waals surface area contributed by atoms with Crippen LogP contribution in [0.5, 0.6) is 5.75 Å². The first kappa shape index (κ1) is 21.2. The van der Waals surface area contributed by atoms with E-state index in [-0.39, 0.29) is 23.8 Å². The van der Waals surface area contributed by atoms with Gasteiger partial charge in [0.15, 0.2) is 0 Å². The van der Waals surface area contributed by atoms with Gasteiger partial charge in [-0.15, -0.1) is 0 Å². The zero-order valence-electron chi connectivity index (χ0n) is 17.0. The van der Waals surface area contributed by atoms with Crippen molar-refractivity contribution in [2.75, 3.05) is 40.3 Å². The molecule has 1 aromatic carbocycles. The van der Waals surface area contributed by atoms with Gasteiger partial charge in [0, 0.05) is 19.5 Å². The fourth-order valence-corrected chi connectivity index (χ4v) is 3.68. The minimum absolute atomic E-state index is 0.0404. The summed E-state index contributed by atoms with van der Waals surface area (Å²) in [4.78, 5) is 29.3. The molecule has 2 rings (SSSR count). The van der Waals surface area contributed by atoms with Gasteiger partial charge in [-0.3, -0.25) is 9.59 Å². The van der Waals surface area contributed by atoms with Gasteiger partial charge in [0.05, 0.1) is 18.6 Å². The molecule has 0 aromatic heterocycles. The first-order valence-corrected chi connectivity index (χ1v) is 9.92. The monoisotopic (exact) mass is 375 g/mol. The zero-order valence-corrected chi connectivity index (χ0v) is 17.0. The average Bonchev–Trinajstić information content (AvgIpc) is 2.65. The second-order valence-electron chi connectivity index (χ2n) is 7.22. The Morgan fingerprint density at radius 2 is 1.96 bits per heavy atom. The van der Waals surface area contributed by atoms with Gasteiger partial charge in [0.2, 0.25) is 11.8 Å². The third kappa shape index (κ3) is 5.70. The number of carbonyl (C=O) groups is 2. The summed E-state index contributed by atoms with van der Waals surface area (Å²) >= 11 is 0. The summed E-state index contributed by atoms with van der Waals surface area (Å²) in [6, 6.07) is 7.56. The maximum absolute atomic E-state index is 12.9. The number of nitrogens with zero attached hydrogens (tertiary/aromatic N) is 2. The Kier molecular flexibility index (Phi) is 8.10. The van der Waals surface area contributed by atoms with Gasteiger partial charge >= 0.3 is 0 Å². The Balaban J connectivity index is 2.15. The minimum atomic E-state index is -0.222. The molecule has 27 heavy (non-hydrogen) atoms. The quantitative estimate of drug-likeness (QED) is 0.674. The van der Waals surface area contributed by atoms with Gasteiger partial charge in [0.25, 0.3) is 0 Å². The lowest BCUT2D eigenvalue weighted by Gasteiger charge is -2.40. The van der Waals surface area contributed by atoms with E-state index in [4.69, 9.17) is 4.74 Å². The summed E-state index contributed by atoms with van der Waals surface area (Å²) < 4.78 is 5.52. The van der Waals surface area contributed by atoms with Crippen LogP contribution in [0.4, 0.5) is 0 Å². The van der Waals surface area contributed by atoms with Crippen molar-refractivity contribution in [2.45, 2.75) is 39.2 Å². The molecule has 0 saturated carbocycles. The Morgan fingerprint density at radius 1 is 1.26 bits per heavy atom.